The normalized spacial score (nSPS) is 14.1. The van der Waals surface area contributed by atoms with Crippen LogP contribution in [0.2, 0.25) is 0 Å². The first-order valence-electron chi connectivity index (χ1n) is 15.2. The van der Waals surface area contributed by atoms with E-state index in [4.69, 9.17) is 14.2 Å². The summed E-state index contributed by atoms with van der Waals surface area (Å²) in [6.07, 6.45) is 17.2. The minimum atomic E-state index is -0.121. The monoisotopic (exact) mass is 598 g/mol. The van der Waals surface area contributed by atoms with E-state index in [-0.39, 0.29) is 13.3 Å². The van der Waals surface area contributed by atoms with Crippen molar-refractivity contribution in [1.82, 2.24) is 0 Å². The number of amides is 1. The smallest absolute Gasteiger partial charge is 0.428 e. The largest absolute Gasteiger partial charge is 0.493 e. The number of hydrogen-bond acceptors (Lipinski definition) is 5. The van der Waals surface area contributed by atoms with Gasteiger partial charge in [-0.1, -0.05) is 78.0 Å². The summed E-state index contributed by atoms with van der Waals surface area (Å²) in [5.41, 5.74) is 4.57. The third kappa shape index (κ3) is 8.14. The lowest BCUT2D eigenvalue weighted by atomic mass is 9.86. The van der Waals surface area contributed by atoms with Crippen molar-refractivity contribution in [1.29, 1.82) is 0 Å². The van der Waals surface area contributed by atoms with Gasteiger partial charge in [0.25, 0.3) is 0 Å². The molecule has 0 bridgehead atoms. The SMILES string of the molecule is C.CCCCCCOc1ccc2c(c1)Oc1cc(OCCCCCC)ccc1C2=C1C=CC=CC1=[NH+]C(=O)c1cccs1. The topological polar surface area (TPSA) is 58.7 Å². The Kier molecular flexibility index (Phi) is 12.0. The molecule has 1 amide bonds. The fraction of sp³-hybridized carbons (Fsp3) is 0.351. The molecule has 5 nitrogen and oxygen atoms in total. The van der Waals surface area contributed by atoms with Gasteiger partial charge in [0, 0.05) is 34.9 Å². The van der Waals surface area contributed by atoms with Crippen molar-refractivity contribution in [2.75, 3.05) is 13.2 Å². The summed E-state index contributed by atoms with van der Waals surface area (Å²) in [5.74, 6) is 2.90. The zero-order chi connectivity index (χ0) is 29.1. The molecule has 1 aromatic heterocycles. The number of thiophene rings is 1. The Labute approximate surface area is 260 Å². The van der Waals surface area contributed by atoms with Crippen molar-refractivity contribution in [3.8, 4) is 23.0 Å². The van der Waals surface area contributed by atoms with Gasteiger partial charge in [-0.15, -0.1) is 11.3 Å². The van der Waals surface area contributed by atoms with Crippen LogP contribution in [0.3, 0.4) is 0 Å². The van der Waals surface area contributed by atoms with Gasteiger partial charge >= 0.3 is 5.91 Å². The van der Waals surface area contributed by atoms with E-state index in [9.17, 15) is 4.79 Å². The fourth-order valence-corrected chi connectivity index (χ4v) is 5.78. The van der Waals surface area contributed by atoms with Crippen LogP contribution in [-0.2, 0) is 0 Å². The first-order valence-corrected chi connectivity index (χ1v) is 16.1. The summed E-state index contributed by atoms with van der Waals surface area (Å²) in [4.78, 5) is 16.9. The summed E-state index contributed by atoms with van der Waals surface area (Å²) in [6.45, 7) is 5.78. The van der Waals surface area contributed by atoms with Gasteiger partial charge in [0.2, 0.25) is 5.71 Å². The fourth-order valence-electron chi connectivity index (χ4n) is 5.16. The molecule has 5 rings (SSSR count). The zero-order valence-electron chi connectivity index (χ0n) is 24.6. The van der Waals surface area contributed by atoms with Gasteiger partial charge in [0.15, 0.2) is 0 Å². The van der Waals surface area contributed by atoms with Gasteiger partial charge in [0.05, 0.1) is 18.8 Å². The number of carbonyl (C=O) groups excluding carboxylic acids is 1. The molecule has 0 unspecified atom stereocenters. The molecule has 1 aliphatic heterocycles. The molecule has 2 aromatic carbocycles. The number of unbranched alkanes of at least 4 members (excludes halogenated alkanes) is 6. The molecule has 226 valence electrons. The van der Waals surface area contributed by atoms with Crippen molar-refractivity contribution in [2.24, 2.45) is 0 Å². The first kappa shape index (κ1) is 32.0. The van der Waals surface area contributed by atoms with E-state index in [1.807, 2.05) is 60.0 Å². The van der Waals surface area contributed by atoms with Crippen LogP contribution in [0, 0.1) is 0 Å². The summed E-state index contributed by atoms with van der Waals surface area (Å²) < 4.78 is 18.7. The van der Waals surface area contributed by atoms with Crippen molar-refractivity contribution in [2.45, 2.75) is 72.6 Å². The highest BCUT2D eigenvalue weighted by molar-refractivity contribution is 7.11. The zero-order valence-corrected chi connectivity index (χ0v) is 25.4. The summed E-state index contributed by atoms with van der Waals surface area (Å²) in [6, 6.07) is 15.8. The molecular formula is C37H44NO4S+. The van der Waals surface area contributed by atoms with Gasteiger partial charge in [0.1, 0.15) is 27.9 Å². The lowest BCUT2D eigenvalue weighted by Gasteiger charge is -2.25. The molecule has 1 N–H and O–H groups in total. The van der Waals surface area contributed by atoms with Crippen molar-refractivity contribution in [3.05, 3.63) is 99.8 Å². The maximum Gasteiger partial charge on any atom is 0.428 e. The van der Waals surface area contributed by atoms with Crippen LogP contribution < -0.4 is 19.2 Å². The number of hydrogen-bond donors (Lipinski definition) is 1. The van der Waals surface area contributed by atoms with Gasteiger partial charge in [-0.2, -0.15) is 4.99 Å². The molecule has 0 fully saturated rings. The third-order valence-corrected chi connectivity index (χ3v) is 8.26. The summed E-state index contributed by atoms with van der Waals surface area (Å²) in [7, 11) is 0. The number of benzene rings is 2. The molecule has 2 aliphatic rings. The minimum Gasteiger partial charge on any atom is -0.493 e. The summed E-state index contributed by atoms with van der Waals surface area (Å²) in [5, 5.41) is 1.91. The predicted molar refractivity (Wildman–Crippen MR) is 178 cm³/mol. The molecular weight excluding hydrogens is 554 g/mol. The van der Waals surface area contributed by atoms with E-state index in [2.05, 4.69) is 37.0 Å². The Morgan fingerprint density at radius 1 is 0.791 bits per heavy atom. The second-order valence-corrected chi connectivity index (χ2v) is 11.5. The predicted octanol–water partition coefficient (Wildman–Crippen LogP) is 8.70. The van der Waals surface area contributed by atoms with Crippen molar-refractivity contribution < 1.29 is 24.0 Å². The minimum absolute atomic E-state index is 0. The average molecular weight is 599 g/mol. The van der Waals surface area contributed by atoms with Crippen molar-refractivity contribution in [3.63, 3.8) is 0 Å². The molecule has 3 aromatic rings. The number of fused-ring (bicyclic) bond motifs is 2. The van der Waals surface area contributed by atoms with E-state index in [1.54, 1.807) is 0 Å². The van der Waals surface area contributed by atoms with E-state index in [1.165, 1.54) is 49.9 Å². The lowest BCUT2D eigenvalue weighted by molar-refractivity contribution is -0.343. The molecule has 1 aliphatic carbocycles. The number of ether oxygens (including phenoxy) is 3. The number of nitrogens with one attached hydrogen (secondary N) is 1. The Morgan fingerprint density at radius 3 is 1.95 bits per heavy atom. The van der Waals surface area contributed by atoms with Gasteiger partial charge in [-0.25, -0.2) is 4.79 Å². The Balaban J connectivity index is 0.00000423. The number of rotatable bonds is 13. The average Bonchev–Trinajstić information content (AvgIpc) is 3.56. The molecule has 0 saturated carbocycles. The molecule has 0 radical (unpaired) electrons. The maximum atomic E-state index is 13.1. The molecule has 0 atom stereocenters. The summed E-state index contributed by atoms with van der Waals surface area (Å²) >= 11 is 1.43. The second-order valence-electron chi connectivity index (χ2n) is 10.6. The number of allylic oxidation sites excluding steroid dienone is 5. The number of carbonyl (C=O) groups is 1. The second kappa shape index (κ2) is 16.1. The Bertz CT molecular complexity index is 1430. The van der Waals surface area contributed by atoms with Crippen LogP contribution in [0.4, 0.5) is 0 Å². The Morgan fingerprint density at radius 2 is 1.40 bits per heavy atom. The van der Waals surface area contributed by atoms with E-state index in [0.29, 0.717) is 18.1 Å². The Hall–Kier alpha value is -3.90. The highest BCUT2D eigenvalue weighted by Gasteiger charge is 2.29. The van der Waals surface area contributed by atoms with Gasteiger partial charge < -0.3 is 14.2 Å². The van der Waals surface area contributed by atoms with E-state index < -0.39 is 0 Å². The highest BCUT2D eigenvalue weighted by atomic mass is 32.1. The maximum absolute atomic E-state index is 13.1. The molecule has 6 heteroatoms. The van der Waals surface area contributed by atoms with E-state index >= 15 is 0 Å². The van der Waals surface area contributed by atoms with Gasteiger partial charge in [-0.05, 0) is 54.6 Å². The van der Waals surface area contributed by atoms with Crippen LogP contribution in [-0.4, -0.2) is 24.8 Å². The van der Waals surface area contributed by atoms with Crippen LogP contribution in [0.15, 0.2) is 83.8 Å². The van der Waals surface area contributed by atoms with Crippen LogP contribution in [0.5, 0.6) is 23.0 Å². The lowest BCUT2D eigenvalue weighted by Crippen LogP contribution is -2.77. The van der Waals surface area contributed by atoms with Crippen LogP contribution >= 0.6 is 11.3 Å². The third-order valence-electron chi connectivity index (χ3n) is 7.39. The molecule has 43 heavy (non-hydrogen) atoms. The van der Waals surface area contributed by atoms with Crippen molar-refractivity contribution >= 4 is 28.5 Å². The quantitative estimate of drug-likeness (QED) is 0.156. The van der Waals surface area contributed by atoms with Crippen LogP contribution in [0.1, 0.15) is 93.4 Å². The molecule has 2 heterocycles. The van der Waals surface area contributed by atoms with Gasteiger partial charge in [-0.3, -0.25) is 0 Å². The van der Waals surface area contributed by atoms with E-state index in [0.717, 1.165) is 63.8 Å². The molecule has 0 saturated heterocycles. The van der Waals surface area contributed by atoms with Crippen LogP contribution in [0.25, 0.3) is 5.57 Å². The standard InChI is InChI=1S/C36H39NO4S.CH4/c1-3-5-7-11-21-39-26-17-19-29-32(24-26)41-33-25-27(40-22-12-8-6-4-2)18-20-30(33)35(29)28-14-9-10-15-31(28)37-36(38)34-16-13-23-42-34;/h9-10,13-20,23-25H,3-8,11-12,21-22H2,1-2H3;1H4/p+1. The highest BCUT2D eigenvalue weighted by Crippen LogP contribution is 2.47. The molecule has 0 spiro atoms. The first-order chi connectivity index (χ1) is 20.7.